The Balaban J connectivity index is 1.98. The van der Waals surface area contributed by atoms with Crippen LogP contribution in [0.1, 0.15) is 49.6 Å². The molecule has 2 rings (SSSR count). The van der Waals surface area contributed by atoms with E-state index in [9.17, 15) is 14.9 Å². The molecule has 1 heterocycles. The summed E-state index contributed by atoms with van der Waals surface area (Å²) in [7, 11) is 1.73. The third kappa shape index (κ3) is 4.98. The number of rotatable bonds is 5. The van der Waals surface area contributed by atoms with Gasteiger partial charge in [-0.25, -0.2) is 4.79 Å². The fourth-order valence-corrected chi connectivity index (χ4v) is 3.26. The van der Waals surface area contributed by atoms with Crippen LogP contribution in [0, 0.1) is 35.5 Å². The number of hydrogen-bond acceptors (Lipinski definition) is 5. The first-order valence-electron chi connectivity index (χ1n) is 9.02. The van der Waals surface area contributed by atoms with Crippen molar-refractivity contribution < 1.29 is 14.3 Å². The Morgan fingerprint density at radius 2 is 2.07 bits per heavy atom. The van der Waals surface area contributed by atoms with Crippen LogP contribution in [0.5, 0.6) is 0 Å². The number of nitrogens with zero attached hydrogens (tertiary/aromatic N) is 3. The van der Waals surface area contributed by atoms with E-state index in [0.29, 0.717) is 17.2 Å². The first kappa shape index (κ1) is 20.3. The quantitative estimate of drug-likeness (QED) is 0.487. The molecule has 1 aliphatic rings. The molecule has 1 amide bonds. The lowest BCUT2D eigenvalue weighted by atomic mass is 9.86. The van der Waals surface area contributed by atoms with Gasteiger partial charge in [0.25, 0.3) is 5.91 Å². The summed E-state index contributed by atoms with van der Waals surface area (Å²) < 4.78 is 6.67. The number of aromatic nitrogens is 1. The van der Waals surface area contributed by atoms with Crippen LogP contribution in [-0.2, 0) is 21.4 Å². The molecule has 1 N–H and O–H groups in total. The maximum absolute atomic E-state index is 12.1. The lowest BCUT2D eigenvalue weighted by molar-refractivity contribution is -0.144. The van der Waals surface area contributed by atoms with Gasteiger partial charge < -0.3 is 14.6 Å². The van der Waals surface area contributed by atoms with Crippen LogP contribution in [0.3, 0.4) is 0 Å². The zero-order chi connectivity index (χ0) is 20.0. The molecule has 0 aliphatic heterocycles. The fourth-order valence-electron chi connectivity index (χ4n) is 3.26. The highest BCUT2D eigenvalue weighted by atomic mass is 16.5. The van der Waals surface area contributed by atoms with Crippen LogP contribution in [0.2, 0.25) is 0 Å². The van der Waals surface area contributed by atoms with Gasteiger partial charge >= 0.3 is 5.97 Å². The average Bonchev–Trinajstić information content (AvgIpc) is 2.93. The monoisotopic (exact) mass is 368 g/mol. The van der Waals surface area contributed by atoms with Crippen molar-refractivity contribution in [1.82, 2.24) is 9.88 Å². The smallest absolute Gasteiger partial charge is 0.349 e. The second-order valence-corrected chi connectivity index (χ2v) is 6.92. The first-order chi connectivity index (χ1) is 12.9. The number of nitrogens with one attached hydrogen (secondary N) is 1. The molecule has 2 atom stereocenters. The van der Waals surface area contributed by atoms with Crippen molar-refractivity contribution in [3.8, 4) is 12.1 Å². The van der Waals surface area contributed by atoms with Crippen molar-refractivity contribution in [3.05, 3.63) is 28.6 Å². The number of carbonyl (C=O) groups excluding carboxylic acids is 2. The highest BCUT2D eigenvalue weighted by Gasteiger charge is 2.23. The van der Waals surface area contributed by atoms with E-state index in [1.54, 1.807) is 30.7 Å². The van der Waals surface area contributed by atoms with Crippen molar-refractivity contribution in [2.75, 3.05) is 6.61 Å². The number of amides is 1. The van der Waals surface area contributed by atoms with E-state index in [2.05, 4.69) is 12.2 Å². The third-order valence-corrected chi connectivity index (χ3v) is 5.12. The van der Waals surface area contributed by atoms with Gasteiger partial charge in [-0.1, -0.05) is 19.8 Å². The predicted octanol–water partition coefficient (Wildman–Crippen LogP) is 2.35. The predicted molar refractivity (Wildman–Crippen MR) is 99.0 cm³/mol. The Morgan fingerprint density at radius 3 is 2.67 bits per heavy atom. The molecule has 27 heavy (non-hydrogen) atoms. The van der Waals surface area contributed by atoms with Gasteiger partial charge in [0.15, 0.2) is 6.61 Å². The van der Waals surface area contributed by atoms with E-state index in [0.717, 1.165) is 25.0 Å². The van der Waals surface area contributed by atoms with Crippen LogP contribution < -0.4 is 5.32 Å². The summed E-state index contributed by atoms with van der Waals surface area (Å²) in [5, 5.41) is 21.2. The number of esters is 1. The lowest BCUT2D eigenvalue weighted by Crippen LogP contribution is -2.42. The molecular weight excluding hydrogens is 344 g/mol. The Hall–Kier alpha value is -3.06. The zero-order valence-electron chi connectivity index (χ0n) is 15.9. The molecule has 2 unspecified atom stereocenters. The number of hydrogen-bond donors (Lipinski definition) is 1. The van der Waals surface area contributed by atoms with Crippen molar-refractivity contribution in [1.29, 1.82) is 10.5 Å². The van der Waals surface area contributed by atoms with Crippen molar-refractivity contribution in [2.45, 2.75) is 45.6 Å². The second kappa shape index (κ2) is 9.05. The van der Waals surface area contributed by atoms with Gasteiger partial charge in [0, 0.05) is 18.8 Å². The highest BCUT2D eigenvalue weighted by Crippen LogP contribution is 2.23. The minimum Gasteiger partial charge on any atom is -0.451 e. The molecule has 0 bridgehead atoms. The number of nitriles is 2. The maximum atomic E-state index is 12.1. The molecule has 1 aromatic heterocycles. The molecule has 7 heteroatoms. The Labute approximate surface area is 159 Å². The molecular formula is C20H24N4O3. The van der Waals surface area contributed by atoms with E-state index in [1.165, 1.54) is 12.5 Å². The van der Waals surface area contributed by atoms with Crippen molar-refractivity contribution in [2.24, 2.45) is 13.0 Å². The summed E-state index contributed by atoms with van der Waals surface area (Å²) in [6.07, 6.45) is 5.63. The number of carbonyl (C=O) groups is 2. The van der Waals surface area contributed by atoms with E-state index in [1.807, 2.05) is 6.07 Å². The van der Waals surface area contributed by atoms with E-state index in [-0.39, 0.29) is 17.5 Å². The molecule has 1 aromatic rings. The van der Waals surface area contributed by atoms with Gasteiger partial charge in [0.2, 0.25) is 0 Å². The number of ether oxygens (including phenoxy) is 1. The molecule has 0 saturated heterocycles. The summed E-state index contributed by atoms with van der Waals surface area (Å²) in [6.45, 7) is 3.47. The normalized spacial score (nSPS) is 19.7. The maximum Gasteiger partial charge on any atom is 0.349 e. The molecule has 0 aromatic carbocycles. The topological polar surface area (TPSA) is 108 Å². The van der Waals surface area contributed by atoms with Crippen LogP contribution in [0.4, 0.5) is 0 Å². The first-order valence-corrected chi connectivity index (χ1v) is 9.02. The van der Waals surface area contributed by atoms with Crippen molar-refractivity contribution in [3.63, 3.8) is 0 Å². The van der Waals surface area contributed by atoms with Crippen LogP contribution >= 0.6 is 0 Å². The minimum atomic E-state index is -0.855. The van der Waals surface area contributed by atoms with E-state index in [4.69, 9.17) is 10.00 Å². The SMILES string of the molecule is Cc1c(/C=C(/C#N)C(=O)OCC(=O)NC2CCCCC2C)cc(C#N)n1C. The molecule has 7 nitrogen and oxygen atoms in total. The lowest BCUT2D eigenvalue weighted by Gasteiger charge is -2.29. The van der Waals surface area contributed by atoms with Gasteiger partial charge in [0.05, 0.1) is 0 Å². The van der Waals surface area contributed by atoms with Crippen LogP contribution in [-0.4, -0.2) is 29.1 Å². The largest absolute Gasteiger partial charge is 0.451 e. The molecule has 0 radical (unpaired) electrons. The zero-order valence-corrected chi connectivity index (χ0v) is 15.9. The van der Waals surface area contributed by atoms with Crippen LogP contribution in [0.15, 0.2) is 11.6 Å². The fraction of sp³-hybridized carbons (Fsp3) is 0.500. The van der Waals surface area contributed by atoms with E-state index < -0.39 is 12.6 Å². The highest BCUT2D eigenvalue weighted by molar-refractivity contribution is 5.99. The Kier molecular flexibility index (Phi) is 6.79. The third-order valence-electron chi connectivity index (χ3n) is 5.12. The van der Waals surface area contributed by atoms with Gasteiger partial charge in [0.1, 0.15) is 23.4 Å². The molecule has 1 saturated carbocycles. The molecule has 142 valence electrons. The summed E-state index contributed by atoms with van der Waals surface area (Å²) in [6, 6.07) is 5.54. The Morgan fingerprint density at radius 1 is 1.37 bits per heavy atom. The van der Waals surface area contributed by atoms with Gasteiger partial charge in [-0.3, -0.25) is 4.79 Å². The molecule has 1 aliphatic carbocycles. The van der Waals surface area contributed by atoms with Gasteiger partial charge in [-0.05, 0) is 43.4 Å². The molecule has 1 fully saturated rings. The van der Waals surface area contributed by atoms with Crippen molar-refractivity contribution >= 4 is 18.0 Å². The minimum absolute atomic E-state index is 0.104. The standard InChI is InChI=1S/C20H24N4O3/c1-13-6-4-5-7-18(13)23-19(25)12-27-20(26)16(10-21)8-15-9-17(11-22)24(3)14(15)2/h8-9,13,18H,4-7,12H2,1-3H3,(H,23,25)/b16-8-. The molecule has 0 spiro atoms. The Bertz CT molecular complexity index is 839. The summed E-state index contributed by atoms with van der Waals surface area (Å²) in [4.78, 5) is 24.2. The average molecular weight is 368 g/mol. The second-order valence-electron chi connectivity index (χ2n) is 6.92. The van der Waals surface area contributed by atoms with E-state index >= 15 is 0 Å². The van der Waals surface area contributed by atoms with Crippen LogP contribution in [0.25, 0.3) is 6.08 Å². The summed E-state index contributed by atoms with van der Waals surface area (Å²) in [5.41, 5.74) is 1.54. The summed E-state index contributed by atoms with van der Waals surface area (Å²) >= 11 is 0. The van der Waals surface area contributed by atoms with Gasteiger partial charge in [-0.2, -0.15) is 10.5 Å². The van der Waals surface area contributed by atoms with Gasteiger partial charge in [-0.15, -0.1) is 0 Å². The summed E-state index contributed by atoms with van der Waals surface area (Å²) in [5.74, 6) is -0.809.